The number of carbonyl (C=O) groups excluding carboxylic acids is 1. The third-order valence-corrected chi connectivity index (χ3v) is 7.33. The second-order valence-electron chi connectivity index (χ2n) is 11.4. The number of carbonyl (C=O) groups is 2. The van der Waals surface area contributed by atoms with Gasteiger partial charge in [-0.25, -0.2) is 19.4 Å². The van der Waals surface area contributed by atoms with Crippen molar-refractivity contribution in [2.45, 2.75) is 59.1 Å². The van der Waals surface area contributed by atoms with Gasteiger partial charge < -0.3 is 24.3 Å². The zero-order valence-electron chi connectivity index (χ0n) is 26.9. The smallest absolute Gasteiger partial charge is 0.477 e. The van der Waals surface area contributed by atoms with E-state index in [1.807, 2.05) is 55.5 Å². The Morgan fingerprint density at radius 1 is 0.959 bits per heavy atom. The highest BCUT2D eigenvalue weighted by atomic mass is 17.1. The maximum Gasteiger partial charge on any atom is 0.515 e. The first-order chi connectivity index (χ1) is 23.4. The Morgan fingerprint density at radius 3 is 2.33 bits per heavy atom. The number of hydrogen-bond donors (Lipinski definition) is 4. The molecule has 0 unspecified atom stereocenters. The Labute approximate surface area is 280 Å². The van der Waals surface area contributed by atoms with Gasteiger partial charge in [0.25, 0.3) is 0 Å². The number of benzene rings is 3. The van der Waals surface area contributed by atoms with Gasteiger partial charge in [0.1, 0.15) is 29.5 Å². The molecule has 256 valence electrons. The molecule has 3 aromatic carbocycles. The summed E-state index contributed by atoms with van der Waals surface area (Å²) in [5.41, 5.74) is 2.19. The molecule has 0 aliphatic carbocycles. The standard InChI is InChI=1S/C33H35N7O9/c1-4-9-27-34-29(33(2,3)44)28(31(41)42)38(27)18-21-14-16-22(17-15-21)24-11-6-7-12-25(24)30-35-37-39(36-30)20-47-32(43)49-26-13-8-5-10-23(26)19-48-40(45)46/h5-8,10-17,44-46H,4,9,18-20H2,1-3H3,(H,41,42). The predicted octanol–water partition coefficient (Wildman–Crippen LogP) is 4.82. The first kappa shape index (κ1) is 34.8. The largest absolute Gasteiger partial charge is 0.515 e. The Balaban J connectivity index is 1.29. The summed E-state index contributed by atoms with van der Waals surface area (Å²) in [5, 5.41) is 50.2. The first-order valence-electron chi connectivity index (χ1n) is 15.2. The molecule has 0 fully saturated rings. The van der Waals surface area contributed by atoms with Crippen molar-refractivity contribution in [1.82, 2.24) is 35.1 Å². The number of aliphatic hydroxyl groups is 1. The maximum absolute atomic E-state index is 12.4. The lowest BCUT2D eigenvalue weighted by Gasteiger charge is -2.16. The molecule has 0 radical (unpaired) electrons. The number of aromatic nitrogens is 6. The minimum absolute atomic E-state index is 0.0339. The fourth-order valence-corrected chi connectivity index (χ4v) is 5.11. The summed E-state index contributed by atoms with van der Waals surface area (Å²) in [5.74, 6) is -0.191. The summed E-state index contributed by atoms with van der Waals surface area (Å²) in [6.45, 7) is 4.60. The van der Waals surface area contributed by atoms with Crippen LogP contribution in [0.25, 0.3) is 22.5 Å². The molecule has 16 heteroatoms. The topological polar surface area (TPSA) is 207 Å². The van der Waals surface area contributed by atoms with Gasteiger partial charge in [-0.1, -0.05) is 73.7 Å². The molecule has 5 rings (SSSR count). The van der Waals surface area contributed by atoms with Gasteiger partial charge in [-0.05, 0) is 48.2 Å². The Morgan fingerprint density at radius 2 is 1.65 bits per heavy atom. The molecule has 49 heavy (non-hydrogen) atoms. The van der Waals surface area contributed by atoms with Crippen LogP contribution in [0.5, 0.6) is 5.75 Å². The van der Waals surface area contributed by atoms with Crippen molar-refractivity contribution >= 4 is 12.1 Å². The average Bonchev–Trinajstić information content (AvgIpc) is 3.69. The third kappa shape index (κ3) is 8.50. The molecule has 16 nitrogen and oxygen atoms in total. The quantitative estimate of drug-likeness (QED) is 0.0709. The number of rotatable bonds is 14. The molecule has 2 aromatic heterocycles. The average molecular weight is 674 g/mol. The predicted molar refractivity (Wildman–Crippen MR) is 170 cm³/mol. The van der Waals surface area contributed by atoms with Crippen molar-refractivity contribution in [1.29, 1.82) is 0 Å². The van der Waals surface area contributed by atoms with Crippen molar-refractivity contribution in [3.63, 3.8) is 0 Å². The van der Waals surface area contributed by atoms with Crippen molar-refractivity contribution in [3.8, 4) is 28.3 Å². The van der Waals surface area contributed by atoms with E-state index in [0.717, 1.165) is 27.9 Å². The van der Waals surface area contributed by atoms with Gasteiger partial charge in [0, 0.05) is 24.1 Å². The van der Waals surface area contributed by atoms with E-state index >= 15 is 0 Å². The molecule has 0 aliphatic heterocycles. The number of imidazole rings is 1. The van der Waals surface area contributed by atoms with Crippen LogP contribution in [-0.2, 0) is 41.5 Å². The zero-order chi connectivity index (χ0) is 35.1. The number of tetrazole rings is 1. The van der Waals surface area contributed by atoms with Crippen LogP contribution in [-0.4, -0.2) is 67.9 Å². The van der Waals surface area contributed by atoms with Gasteiger partial charge in [0.15, 0.2) is 5.69 Å². The van der Waals surface area contributed by atoms with E-state index in [1.54, 1.807) is 22.8 Å². The Kier molecular flexibility index (Phi) is 10.8. The minimum atomic E-state index is -1.42. The van der Waals surface area contributed by atoms with E-state index in [4.69, 9.17) is 19.9 Å². The molecule has 0 bridgehead atoms. The van der Waals surface area contributed by atoms with Crippen LogP contribution >= 0.6 is 0 Å². The highest BCUT2D eigenvalue weighted by Gasteiger charge is 2.31. The van der Waals surface area contributed by atoms with E-state index in [0.29, 0.717) is 23.4 Å². The monoisotopic (exact) mass is 673 g/mol. The fraction of sp³-hybridized carbons (Fsp3) is 0.273. The van der Waals surface area contributed by atoms with Crippen LogP contribution in [0, 0.1) is 0 Å². The van der Waals surface area contributed by atoms with E-state index in [-0.39, 0.29) is 36.1 Å². The molecule has 0 saturated heterocycles. The highest BCUT2D eigenvalue weighted by Crippen LogP contribution is 2.31. The van der Waals surface area contributed by atoms with E-state index < -0.39 is 29.8 Å². The lowest BCUT2D eigenvalue weighted by molar-refractivity contribution is -0.497. The number of hydrogen-bond acceptors (Lipinski definition) is 13. The number of ether oxygens (including phenoxy) is 2. The lowest BCUT2D eigenvalue weighted by atomic mass is 9.98. The van der Waals surface area contributed by atoms with Gasteiger partial charge >= 0.3 is 12.1 Å². The van der Waals surface area contributed by atoms with Gasteiger partial charge in [0.2, 0.25) is 12.6 Å². The number of carboxylic acids is 1. The number of nitrogens with zero attached hydrogens (tertiary/aromatic N) is 7. The summed E-state index contributed by atoms with van der Waals surface area (Å²) in [6.07, 6.45) is 0.259. The third-order valence-electron chi connectivity index (χ3n) is 7.33. The molecule has 0 atom stereocenters. The van der Waals surface area contributed by atoms with Crippen LogP contribution in [0.1, 0.15) is 60.3 Å². The van der Waals surface area contributed by atoms with Crippen LogP contribution < -0.4 is 4.74 Å². The molecule has 0 amide bonds. The van der Waals surface area contributed by atoms with Crippen LogP contribution in [0.2, 0.25) is 0 Å². The fourth-order valence-electron chi connectivity index (χ4n) is 5.11. The second-order valence-corrected chi connectivity index (χ2v) is 11.4. The molecular weight excluding hydrogens is 638 g/mol. The molecule has 0 saturated carbocycles. The summed E-state index contributed by atoms with van der Waals surface area (Å²) in [6, 6.07) is 21.4. The van der Waals surface area contributed by atoms with Crippen LogP contribution in [0.4, 0.5) is 4.79 Å². The molecule has 5 aromatic rings. The SMILES string of the molecule is CCCc1nc(C(C)(C)O)c(C(=O)O)n1Cc1ccc(-c2ccccc2-c2nnn(COC(=O)Oc3ccccc3CON(O)O)n2)cc1. The van der Waals surface area contributed by atoms with Gasteiger partial charge in [0.05, 0.1) is 5.39 Å². The zero-order valence-corrected chi connectivity index (χ0v) is 26.9. The second kappa shape index (κ2) is 15.1. The van der Waals surface area contributed by atoms with Crippen molar-refractivity contribution < 1.29 is 44.5 Å². The molecule has 0 spiro atoms. The number of aromatic carboxylic acids is 1. The molecule has 0 aliphatic rings. The number of carboxylic acid groups (broad SMARTS) is 1. The Hall–Kier alpha value is -5.52. The minimum Gasteiger partial charge on any atom is -0.477 e. The Bertz CT molecular complexity index is 1910. The normalized spacial score (nSPS) is 11.6. The van der Waals surface area contributed by atoms with E-state index in [9.17, 15) is 19.8 Å². The maximum atomic E-state index is 12.4. The number of para-hydroxylation sites is 1. The van der Waals surface area contributed by atoms with Crippen LogP contribution in [0.15, 0.2) is 72.8 Å². The van der Waals surface area contributed by atoms with Crippen molar-refractivity contribution in [2.24, 2.45) is 0 Å². The van der Waals surface area contributed by atoms with Gasteiger partial charge in [-0.3, -0.25) is 10.4 Å². The van der Waals surface area contributed by atoms with Crippen molar-refractivity contribution in [2.75, 3.05) is 0 Å². The lowest BCUT2D eigenvalue weighted by Crippen LogP contribution is -2.22. The summed E-state index contributed by atoms with van der Waals surface area (Å²) < 4.78 is 12.0. The summed E-state index contributed by atoms with van der Waals surface area (Å²) in [4.78, 5) is 34.8. The first-order valence-corrected chi connectivity index (χ1v) is 15.2. The van der Waals surface area contributed by atoms with Gasteiger partial charge in [-0.15, -0.1) is 15.0 Å². The summed E-state index contributed by atoms with van der Waals surface area (Å²) in [7, 11) is 0. The molecule has 2 heterocycles. The molecule has 4 N–H and O–H groups in total. The van der Waals surface area contributed by atoms with E-state index in [1.165, 1.54) is 19.9 Å². The van der Waals surface area contributed by atoms with Crippen molar-refractivity contribution in [3.05, 3.63) is 101 Å². The van der Waals surface area contributed by atoms with E-state index in [2.05, 4.69) is 25.2 Å². The highest BCUT2D eigenvalue weighted by molar-refractivity contribution is 5.87. The molecular formula is C33H35N7O9. The van der Waals surface area contributed by atoms with Gasteiger partial charge in [-0.2, -0.15) is 0 Å². The number of aryl methyl sites for hydroxylation is 1. The van der Waals surface area contributed by atoms with Crippen LogP contribution in [0.3, 0.4) is 0 Å². The summed E-state index contributed by atoms with van der Waals surface area (Å²) >= 11 is 0.